The first-order valence-corrected chi connectivity index (χ1v) is 6.84. The Morgan fingerprint density at radius 3 is 2.69 bits per heavy atom. The number of rotatable bonds is 3. The van der Waals surface area contributed by atoms with E-state index in [-0.39, 0.29) is 6.10 Å². The lowest BCUT2D eigenvalue weighted by Gasteiger charge is -2.30. The van der Waals surface area contributed by atoms with Crippen molar-refractivity contribution < 1.29 is 10.2 Å². The summed E-state index contributed by atoms with van der Waals surface area (Å²) in [5, 5.41) is 19.1. The fourth-order valence-electron chi connectivity index (χ4n) is 3.28. The van der Waals surface area contributed by atoms with E-state index in [1.807, 2.05) is 0 Å². The number of aliphatic hydroxyl groups is 2. The van der Waals surface area contributed by atoms with E-state index < -0.39 is 0 Å². The fraction of sp³-hybridized carbons (Fsp3) is 1.00. The van der Waals surface area contributed by atoms with Crippen LogP contribution in [0.4, 0.5) is 0 Å². The molecule has 3 unspecified atom stereocenters. The summed E-state index contributed by atoms with van der Waals surface area (Å²) in [6.07, 6.45) is 7.88. The minimum atomic E-state index is -0.115. The predicted molar refractivity (Wildman–Crippen MR) is 64.3 cm³/mol. The van der Waals surface area contributed by atoms with Gasteiger partial charge in [0.15, 0.2) is 0 Å². The van der Waals surface area contributed by atoms with Gasteiger partial charge in [-0.15, -0.1) is 0 Å². The number of hydrogen-bond acceptors (Lipinski definition) is 3. The average Bonchev–Trinajstić information content (AvgIpc) is 2.61. The molecule has 0 radical (unpaired) electrons. The molecule has 1 aliphatic carbocycles. The molecule has 2 fully saturated rings. The van der Waals surface area contributed by atoms with Gasteiger partial charge in [0.1, 0.15) is 0 Å². The number of likely N-dealkylation sites (tertiary alicyclic amines) is 1. The Bertz CT molecular complexity index is 210. The Labute approximate surface area is 98.5 Å². The van der Waals surface area contributed by atoms with Gasteiger partial charge in [0.2, 0.25) is 0 Å². The second kappa shape index (κ2) is 5.99. The maximum absolute atomic E-state index is 10.1. The molecule has 0 aromatic heterocycles. The molecule has 16 heavy (non-hydrogen) atoms. The topological polar surface area (TPSA) is 43.7 Å². The van der Waals surface area contributed by atoms with Crippen LogP contribution in [0, 0.1) is 5.92 Å². The number of aliphatic hydroxyl groups excluding tert-OH is 2. The Morgan fingerprint density at radius 2 is 1.88 bits per heavy atom. The highest BCUT2D eigenvalue weighted by molar-refractivity contribution is 4.86. The second-order valence-electron chi connectivity index (χ2n) is 5.43. The van der Waals surface area contributed by atoms with Gasteiger partial charge < -0.3 is 10.2 Å². The third-order valence-electron chi connectivity index (χ3n) is 4.27. The first-order chi connectivity index (χ1) is 7.81. The zero-order valence-corrected chi connectivity index (χ0v) is 10.1. The van der Waals surface area contributed by atoms with E-state index in [4.69, 9.17) is 5.11 Å². The summed E-state index contributed by atoms with van der Waals surface area (Å²) in [6, 6.07) is 0.395. The molecule has 0 aromatic carbocycles. The molecular formula is C13H25NO2. The van der Waals surface area contributed by atoms with Crippen LogP contribution in [0.2, 0.25) is 0 Å². The third-order valence-corrected chi connectivity index (χ3v) is 4.27. The van der Waals surface area contributed by atoms with Gasteiger partial charge >= 0.3 is 0 Å². The summed E-state index contributed by atoms with van der Waals surface area (Å²) in [4.78, 5) is 2.47. The minimum absolute atomic E-state index is 0.115. The second-order valence-corrected chi connectivity index (χ2v) is 5.43. The lowest BCUT2D eigenvalue weighted by molar-refractivity contribution is 0.0544. The third kappa shape index (κ3) is 2.96. The van der Waals surface area contributed by atoms with Gasteiger partial charge in [-0.25, -0.2) is 0 Å². The van der Waals surface area contributed by atoms with Crippen LogP contribution in [0.15, 0.2) is 0 Å². The van der Waals surface area contributed by atoms with E-state index in [0.29, 0.717) is 18.6 Å². The van der Waals surface area contributed by atoms with Gasteiger partial charge in [0.25, 0.3) is 0 Å². The minimum Gasteiger partial charge on any atom is -0.396 e. The van der Waals surface area contributed by atoms with Crippen LogP contribution in [-0.4, -0.2) is 47.0 Å². The molecule has 3 heteroatoms. The van der Waals surface area contributed by atoms with Crippen LogP contribution >= 0.6 is 0 Å². The lowest BCUT2D eigenvalue weighted by Crippen LogP contribution is -2.41. The molecule has 1 saturated carbocycles. The largest absolute Gasteiger partial charge is 0.396 e. The normalized spacial score (nSPS) is 37.5. The van der Waals surface area contributed by atoms with Crippen LogP contribution < -0.4 is 0 Å². The van der Waals surface area contributed by atoms with Crippen LogP contribution in [0.5, 0.6) is 0 Å². The van der Waals surface area contributed by atoms with Crippen LogP contribution in [0.1, 0.15) is 44.9 Å². The summed E-state index contributed by atoms with van der Waals surface area (Å²) in [6.45, 7) is 2.51. The van der Waals surface area contributed by atoms with Gasteiger partial charge in [-0.2, -0.15) is 0 Å². The van der Waals surface area contributed by atoms with Crippen molar-refractivity contribution in [1.29, 1.82) is 0 Å². The van der Waals surface area contributed by atoms with Crippen LogP contribution in [0.25, 0.3) is 0 Å². The Morgan fingerprint density at radius 1 is 1.06 bits per heavy atom. The molecule has 2 rings (SSSR count). The smallest absolute Gasteiger partial charge is 0.0695 e. The van der Waals surface area contributed by atoms with E-state index in [2.05, 4.69) is 4.90 Å². The van der Waals surface area contributed by atoms with E-state index in [0.717, 1.165) is 32.4 Å². The number of nitrogens with zero attached hydrogens (tertiary/aromatic N) is 1. The van der Waals surface area contributed by atoms with Crippen molar-refractivity contribution in [3.05, 3.63) is 0 Å². The predicted octanol–water partition coefficient (Wildman–Crippen LogP) is 1.38. The quantitative estimate of drug-likeness (QED) is 0.716. The fourth-order valence-corrected chi connectivity index (χ4v) is 3.28. The molecule has 2 N–H and O–H groups in total. The summed E-state index contributed by atoms with van der Waals surface area (Å²) in [5.74, 6) is 0.653. The Hall–Kier alpha value is -0.120. The standard InChI is InChI=1S/C13H25NO2/c15-9-7-11-6-8-14(10-11)12-4-2-1-3-5-13(12)16/h11-13,15-16H,1-10H2. The first-order valence-electron chi connectivity index (χ1n) is 6.84. The zero-order chi connectivity index (χ0) is 11.4. The SMILES string of the molecule is OCCC1CCN(C2CCCCCC2O)C1. The van der Waals surface area contributed by atoms with Crippen molar-refractivity contribution in [1.82, 2.24) is 4.90 Å². The average molecular weight is 227 g/mol. The van der Waals surface area contributed by atoms with Gasteiger partial charge in [0, 0.05) is 19.2 Å². The maximum Gasteiger partial charge on any atom is 0.0695 e. The van der Waals surface area contributed by atoms with Crippen molar-refractivity contribution in [2.75, 3.05) is 19.7 Å². The molecule has 1 heterocycles. The highest BCUT2D eigenvalue weighted by Gasteiger charge is 2.32. The Balaban J connectivity index is 1.86. The molecule has 2 aliphatic rings. The summed E-state index contributed by atoms with van der Waals surface area (Å²) in [5.41, 5.74) is 0. The molecule has 94 valence electrons. The van der Waals surface area contributed by atoms with E-state index in [1.165, 1.54) is 25.7 Å². The molecule has 0 bridgehead atoms. The monoisotopic (exact) mass is 227 g/mol. The molecule has 1 aliphatic heterocycles. The van der Waals surface area contributed by atoms with Crippen molar-refractivity contribution >= 4 is 0 Å². The van der Waals surface area contributed by atoms with Crippen LogP contribution in [0.3, 0.4) is 0 Å². The lowest BCUT2D eigenvalue weighted by atomic mass is 10.0. The molecule has 0 aromatic rings. The summed E-state index contributed by atoms with van der Waals surface area (Å²) in [7, 11) is 0. The first kappa shape index (κ1) is 12.3. The van der Waals surface area contributed by atoms with Gasteiger partial charge in [0.05, 0.1) is 6.10 Å². The van der Waals surface area contributed by atoms with Crippen molar-refractivity contribution in [2.45, 2.75) is 57.1 Å². The molecule has 3 nitrogen and oxygen atoms in total. The zero-order valence-electron chi connectivity index (χ0n) is 10.1. The molecule has 3 atom stereocenters. The van der Waals surface area contributed by atoms with Crippen molar-refractivity contribution in [3.8, 4) is 0 Å². The van der Waals surface area contributed by atoms with Gasteiger partial charge in [-0.3, -0.25) is 4.90 Å². The van der Waals surface area contributed by atoms with Crippen LogP contribution in [-0.2, 0) is 0 Å². The summed E-state index contributed by atoms with van der Waals surface area (Å²) < 4.78 is 0. The Kier molecular flexibility index (Phi) is 4.62. The van der Waals surface area contributed by atoms with E-state index in [9.17, 15) is 5.11 Å². The van der Waals surface area contributed by atoms with Gasteiger partial charge in [-0.1, -0.05) is 19.3 Å². The highest BCUT2D eigenvalue weighted by atomic mass is 16.3. The molecule has 1 saturated heterocycles. The van der Waals surface area contributed by atoms with E-state index in [1.54, 1.807) is 0 Å². The summed E-state index contributed by atoms with van der Waals surface area (Å²) >= 11 is 0. The highest BCUT2D eigenvalue weighted by Crippen LogP contribution is 2.28. The molecule has 0 amide bonds. The number of hydrogen-bond donors (Lipinski definition) is 2. The van der Waals surface area contributed by atoms with Gasteiger partial charge in [-0.05, 0) is 38.1 Å². The molecular weight excluding hydrogens is 202 g/mol. The maximum atomic E-state index is 10.1. The van der Waals surface area contributed by atoms with Crippen molar-refractivity contribution in [2.24, 2.45) is 5.92 Å². The van der Waals surface area contributed by atoms with E-state index >= 15 is 0 Å². The molecule has 0 spiro atoms. The van der Waals surface area contributed by atoms with Crippen molar-refractivity contribution in [3.63, 3.8) is 0 Å².